The number of hydrogen-bond donors (Lipinski definition) is 0. The minimum atomic E-state index is -1.42. The van der Waals surface area contributed by atoms with Crippen LogP contribution in [0.1, 0.15) is 26.2 Å². The standard InChI is InChI=1S/C8H11BrClF/c1-7-4-2-3-5(9)6(7)8(7,10)11/h5-6H,2-4H2,1H3/t5-,6?,7+,8-/m1/s1. The van der Waals surface area contributed by atoms with Crippen molar-refractivity contribution in [2.45, 2.75) is 36.1 Å². The van der Waals surface area contributed by atoms with E-state index in [1.54, 1.807) is 0 Å². The predicted molar refractivity (Wildman–Crippen MR) is 47.9 cm³/mol. The van der Waals surface area contributed by atoms with Crippen LogP contribution in [-0.2, 0) is 0 Å². The van der Waals surface area contributed by atoms with Crippen molar-refractivity contribution in [2.24, 2.45) is 11.3 Å². The van der Waals surface area contributed by atoms with Crippen molar-refractivity contribution in [3.05, 3.63) is 0 Å². The molecule has 0 aromatic carbocycles. The van der Waals surface area contributed by atoms with Crippen LogP contribution in [-0.4, -0.2) is 9.96 Å². The molecule has 0 heterocycles. The zero-order chi connectivity index (χ0) is 8.28. The van der Waals surface area contributed by atoms with Gasteiger partial charge in [0, 0.05) is 16.2 Å². The molecule has 2 rings (SSSR count). The Morgan fingerprint density at radius 2 is 2.27 bits per heavy atom. The predicted octanol–water partition coefficient (Wildman–Crippen LogP) is 3.47. The largest absolute Gasteiger partial charge is 0.225 e. The van der Waals surface area contributed by atoms with Crippen LogP contribution < -0.4 is 0 Å². The van der Waals surface area contributed by atoms with Gasteiger partial charge in [-0.05, 0) is 12.8 Å². The second kappa shape index (κ2) is 2.14. The van der Waals surface area contributed by atoms with Crippen LogP contribution in [0.5, 0.6) is 0 Å². The molecule has 0 bridgehead atoms. The van der Waals surface area contributed by atoms with Gasteiger partial charge in [0.25, 0.3) is 0 Å². The van der Waals surface area contributed by atoms with Gasteiger partial charge < -0.3 is 0 Å². The first kappa shape index (κ1) is 8.31. The van der Waals surface area contributed by atoms with Crippen molar-refractivity contribution in [3.8, 4) is 0 Å². The van der Waals surface area contributed by atoms with Crippen molar-refractivity contribution >= 4 is 27.5 Å². The molecule has 0 aliphatic heterocycles. The Morgan fingerprint density at radius 3 is 2.73 bits per heavy atom. The van der Waals surface area contributed by atoms with Crippen LogP contribution in [0.25, 0.3) is 0 Å². The molecule has 4 atom stereocenters. The third kappa shape index (κ3) is 0.859. The highest BCUT2D eigenvalue weighted by Gasteiger charge is 2.77. The fourth-order valence-electron chi connectivity index (χ4n) is 2.40. The molecule has 64 valence electrons. The van der Waals surface area contributed by atoms with E-state index in [9.17, 15) is 4.39 Å². The van der Waals surface area contributed by atoms with Gasteiger partial charge in [-0.15, -0.1) is 0 Å². The zero-order valence-electron chi connectivity index (χ0n) is 6.41. The van der Waals surface area contributed by atoms with E-state index in [0.717, 1.165) is 19.3 Å². The van der Waals surface area contributed by atoms with E-state index < -0.39 is 5.13 Å². The third-order valence-electron chi connectivity index (χ3n) is 3.29. The van der Waals surface area contributed by atoms with E-state index in [1.165, 1.54) is 0 Å². The monoisotopic (exact) mass is 240 g/mol. The molecule has 0 amide bonds. The molecule has 0 aromatic rings. The summed E-state index contributed by atoms with van der Waals surface area (Å²) < 4.78 is 13.5. The second-order valence-corrected chi connectivity index (χ2v) is 5.65. The molecule has 0 aromatic heterocycles. The fraction of sp³-hybridized carbons (Fsp3) is 1.00. The van der Waals surface area contributed by atoms with Gasteiger partial charge in [-0.25, -0.2) is 4.39 Å². The SMILES string of the molecule is C[C@]12CCC[C@@H](Br)C1[C@]2(F)Cl. The summed E-state index contributed by atoms with van der Waals surface area (Å²) in [6, 6.07) is 0. The molecule has 1 unspecified atom stereocenters. The van der Waals surface area contributed by atoms with E-state index in [1.807, 2.05) is 6.92 Å². The smallest absolute Gasteiger partial charge is 0.193 e. The molecule has 0 nitrogen and oxygen atoms in total. The quantitative estimate of drug-likeness (QED) is 0.570. The Kier molecular flexibility index (Phi) is 1.61. The molecular formula is C8H11BrClF. The van der Waals surface area contributed by atoms with E-state index >= 15 is 0 Å². The summed E-state index contributed by atoms with van der Waals surface area (Å²) in [5, 5.41) is -1.42. The van der Waals surface area contributed by atoms with E-state index in [4.69, 9.17) is 11.6 Å². The summed E-state index contributed by atoms with van der Waals surface area (Å²) in [7, 11) is 0. The van der Waals surface area contributed by atoms with Gasteiger partial charge in [0.2, 0.25) is 0 Å². The first-order valence-corrected chi connectivity index (χ1v) is 5.31. The summed E-state index contributed by atoms with van der Waals surface area (Å²) in [6.07, 6.45) is 3.11. The molecule has 2 aliphatic carbocycles. The average Bonchev–Trinajstić information content (AvgIpc) is 2.29. The maximum absolute atomic E-state index is 13.5. The molecule has 2 fully saturated rings. The highest BCUT2D eigenvalue weighted by atomic mass is 79.9. The molecule has 11 heavy (non-hydrogen) atoms. The van der Waals surface area contributed by atoms with Gasteiger partial charge >= 0.3 is 0 Å². The highest BCUT2D eigenvalue weighted by molar-refractivity contribution is 9.09. The Morgan fingerprint density at radius 1 is 1.64 bits per heavy atom. The lowest BCUT2D eigenvalue weighted by Crippen LogP contribution is -2.14. The Labute approximate surface area is 79.6 Å². The first-order valence-electron chi connectivity index (χ1n) is 4.02. The second-order valence-electron chi connectivity index (χ2n) is 3.93. The van der Waals surface area contributed by atoms with E-state index in [-0.39, 0.29) is 11.3 Å². The van der Waals surface area contributed by atoms with Crippen LogP contribution in [0.4, 0.5) is 4.39 Å². The van der Waals surface area contributed by atoms with Crippen LogP contribution in [0.2, 0.25) is 0 Å². The minimum Gasteiger partial charge on any atom is -0.225 e. The van der Waals surface area contributed by atoms with Gasteiger partial charge in [0.05, 0.1) is 0 Å². The maximum Gasteiger partial charge on any atom is 0.193 e. The lowest BCUT2D eigenvalue weighted by molar-refractivity contribution is 0.313. The van der Waals surface area contributed by atoms with Gasteiger partial charge in [0.15, 0.2) is 5.13 Å². The average molecular weight is 242 g/mol. The van der Waals surface area contributed by atoms with Crippen molar-refractivity contribution in [1.82, 2.24) is 0 Å². The fourth-order valence-corrected chi connectivity index (χ4v) is 4.37. The normalized spacial score (nSPS) is 62.2. The summed E-state index contributed by atoms with van der Waals surface area (Å²) in [5.74, 6) is 0.0467. The molecule has 0 spiro atoms. The maximum atomic E-state index is 13.5. The van der Waals surface area contributed by atoms with Gasteiger partial charge in [0.1, 0.15) is 0 Å². The molecule has 0 saturated heterocycles. The molecule has 0 N–H and O–H groups in total. The summed E-state index contributed by atoms with van der Waals surface area (Å²) in [5.41, 5.74) is -0.235. The van der Waals surface area contributed by atoms with E-state index in [2.05, 4.69) is 15.9 Å². The highest BCUT2D eigenvalue weighted by Crippen LogP contribution is 2.74. The number of halogens is 3. The zero-order valence-corrected chi connectivity index (χ0v) is 8.75. The van der Waals surface area contributed by atoms with Crippen molar-refractivity contribution < 1.29 is 4.39 Å². The molecular weight excluding hydrogens is 230 g/mol. The molecule has 3 heteroatoms. The minimum absolute atomic E-state index is 0.0467. The van der Waals surface area contributed by atoms with Gasteiger partial charge in [-0.1, -0.05) is 40.9 Å². The first-order chi connectivity index (χ1) is 5.00. The van der Waals surface area contributed by atoms with E-state index in [0.29, 0.717) is 4.83 Å². The van der Waals surface area contributed by atoms with Crippen LogP contribution in [0.3, 0.4) is 0 Å². The van der Waals surface area contributed by atoms with Crippen molar-refractivity contribution in [2.75, 3.05) is 0 Å². The number of alkyl halides is 3. The van der Waals surface area contributed by atoms with Crippen LogP contribution in [0, 0.1) is 11.3 Å². The lowest BCUT2D eigenvalue weighted by atomic mass is 9.90. The van der Waals surface area contributed by atoms with Crippen LogP contribution in [0.15, 0.2) is 0 Å². The topological polar surface area (TPSA) is 0 Å². The number of fused-ring (bicyclic) bond motifs is 1. The van der Waals surface area contributed by atoms with Crippen LogP contribution >= 0.6 is 27.5 Å². The number of hydrogen-bond acceptors (Lipinski definition) is 0. The molecule has 2 saturated carbocycles. The molecule has 0 radical (unpaired) electrons. The Bertz CT molecular complexity index is 195. The molecule has 2 aliphatic rings. The van der Waals surface area contributed by atoms with Crippen molar-refractivity contribution in [3.63, 3.8) is 0 Å². The Hall–Kier alpha value is 0.700. The van der Waals surface area contributed by atoms with Gasteiger partial charge in [-0.3, -0.25) is 0 Å². The summed E-state index contributed by atoms with van der Waals surface area (Å²) >= 11 is 9.23. The van der Waals surface area contributed by atoms with Gasteiger partial charge in [-0.2, -0.15) is 0 Å². The van der Waals surface area contributed by atoms with Crippen molar-refractivity contribution in [1.29, 1.82) is 0 Å². The Balaban J connectivity index is 2.23. The number of rotatable bonds is 0. The summed E-state index contributed by atoms with van der Waals surface area (Å²) in [4.78, 5) is 0.295. The third-order valence-corrected chi connectivity index (χ3v) is 4.95. The summed E-state index contributed by atoms with van der Waals surface area (Å²) in [6.45, 7) is 1.96. The lowest BCUT2D eigenvalue weighted by Gasteiger charge is -2.19.